The standard InChI is InChI=1S/C21H29B2N3O4/c1-20(2)21(3,4)30-23(29-20)17(13-18(27)26(5)28-6)22-24-15-11-7-9-14-10-8-12-16(25-22)19(14)15/h7-12,17,24-25H,13H2,1-6H3/t17-/m1/s1. The summed E-state index contributed by atoms with van der Waals surface area (Å²) < 4.78 is 12.7. The lowest BCUT2D eigenvalue weighted by Gasteiger charge is -2.33. The van der Waals surface area contributed by atoms with Gasteiger partial charge in [-0.3, -0.25) is 9.63 Å². The SMILES string of the molecule is CON(C)C(=O)C[C@H](B1Nc2cccc3cccc(c23)N1)B1OC(C)(C)C(C)(C)O1. The summed E-state index contributed by atoms with van der Waals surface area (Å²) >= 11 is 0. The van der Waals surface area contributed by atoms with Crippen LogP contribution in [0.2, 0.25) is 5.72 Å². The number of nitrogens with one attached hydrogen (secondary N) is 2. The summed E-state index contributed by atoms with van der Waals surface area (Å²) in [6.45, 7) is 7.82. The van der Waals surface area contributed by atoms with Crippen molar-refractivity contribution in [2.75, 3.05) is 24.6 Å². The fourth-order valence-electron chi connectivity index (χ4n) is 4.03. The number of carbonyl (C=O) groups is 1. The Labute approximate surface area is 178 Å². The normalized spacial score (nSPS) is 19.9. The molecule has 1 atom stereocenters. The van der Waals surface area contributed by atoms with Gasteiger partial charge in [0.05, 0.1) is 18.3 Å². The second-order valence-electron chi connectivity index (χ2n) is 9.04. The molecule has 2 N–H and O–H groups in total. The zero-order valence-corrected chi connectivity index (χ0v) is 18.5. The van der Waals surface area contributed by atoms with Crippen LogP contribution < -0.4 is 10.5 Å². The van der Waals surface area contributed by atoms with Gasteiger partial charge in [-0.2, -0.15) is 0 Å². The Morgan fingerprint density at radius 3 is 2.10 bits per heavy atom. The summed E-state index contributed by atoms with van der Waals surface area (Å²) in [6, 6.07) is 12.4. The lowest BCUT2D eigenvalue weighted by atomic mass is 9.44. The van der Waals surface area contributed by atoms with E-state index < -0.39 is 18.3 Å². The maximum atomic E-state index is 12.8. The number of hydrogen-bond donors (Lipinski definition) is 2. The zero-order chi connectivity index (χ0) is 21.7. The van der Waals surface area contributed by atoms with Crippen molar-refractivity contribution in [3.63, 3.8) is 0 Å². The molecule has 0 radical (unpaired) electrons. The van der Waals surface area contributed by atoms with Gasteiger partial charge in [-0.05, 0) is 45.2 Å². The molecule has 30 heavy (non-hydrogen) atoms. The summed E-state index contributed by atoms with van der Waals surface area (Å²) in [7, 11) is 2.54. The summed E-state index contributed by atoms with van der Waals surface area (Å²) in [6.07, 6.45) is 0.198. The van der Waals surface area contributed by atoms with Crippen molar-refractivity contribution in [1.82, 2.24) is 5.06 Å². The van der Waals surface area contributed by atoms with E-state index in [1.807, 2.05) is 39.8 Å². The Hall–Kier alpha value is -2.22. The highest BCUT2D eigenvalue weighted by molar-refractivity contribution is 6.80. The Morgan fingerprint density at radius 1 is 1.07 bits per heavy atom. The monoisotopic (exact) mass is 409 g/mol. The van der Waals surface area contributed by atoms with E-state index >= 15 is 0 Å². The average Bonchev–Trinajstić information content (AvgIpc) is 2.92. The number of hydroxylamine groups is 2. The van der Waals surface area contributed by atoms with E-state index in [0.717, 1.165) is 22.1 Å². The third-order valence-electron chi connectivity index (χ3n) is 6.61. The largest absolute Gasteiger partial charge is 0.458 e. The highest BCUT2D eigenvalue weighted by Crippen LogP contribution is 2.43. The van der Waals surface area contributed by atoms with Gasteiger partial charge in [0, 0.05) is 35.9 Å². The first-order valence-corrected chi connectivity index (χ1v) is 10.3. The number of hydrogen-bond acceptors (Lipinski definition) is 6. The quantitative estimate of drug-likeness (QED) is 0.581. The van der Waals surface area contributed by atoms with Crippen molar-refractivity contribution in [3.05, 3.63) is 36.4 Å². The van der Waals surface area contributed by atoms with Gasteiger partial charge in [-0.25, -0.2) is 5.06 Å². The van der Waals surface area contributed by atoms with Crippen LogP contribution in [0.4, 0.5) is 11.4 Å². The molecule has 0 unspecified atom stereocenters. The molecule has 2 aromatic rings. The van der Waals surface area contributed by atoms with Crippen molar-refractivity contribution in [2.24, 2.45) is 0 Å². The molecular formula is C21H29B2N3O4. The van der Waals surface area contributed by atoms with E-state index in [2.05, 4.69) is 34.7 Å². The highest BCUT2D eigenvalue weighted by atomic mass is 16.7. The van der Waals surface area contributed by atoms with E-state index in [4.69, 9.17) is 14.1 Å². The number of rotatable bonds is 5. The number of nitrogens with zero attached hydrogens (tertiary/aromatic N) is 1. The van der Waals surface area contributed by atoms with Gasteiger partial charge in [0.15, 0.2) is 0 Å². The van der Waals surface area contributed by atoms with Gasteiger partial charge in [0.2, 0.25) is 5.91 Å². The molecular weight excluding hydrogens is 380 g/mol. The molecule has 2 aliphatic heterocycles. The van der Waals surface area contributed by atoms with Gasteiger partial charge in [0.1, 0.15) is 0 Å². The van der Waals surface area contributed by atoms with Crippen molar-refractivity contribution in [2.45, 2.75) is 51.0 Å². The lowest BCUT2D eigenvalue weighted by Crippen LogP contribution is -2.49. The minimum atomic E-state index is -0.557. The van der Waals surface area contributed by atoms with E-state index in [1.165, 1.54) is 12.2 Å². The second-order valence-corrected chi connectivity index (χ2v) is 9.04. The molecule has 7 nitrogen and oxygen atoms in total. The van der Waals surface area contributed by atoms with Crippen LogP contribution in [0.25, 0.3) is 10.8 Å². The molecule has 9 heteroatoms. The van der Waals surface area contributed by atoms with Crippen LogP contribution in [0.5, 0.6) is 0 Å². The van der Waals surface area contributed by atoms with Gasteiger partial charge in [-0.1, -0.05) is 24.3 Å². The molecule has 0 bridgehead atoms. The van der Waals surface area contributed by atoms with Crippen LogP contribution in [0.15, 0.2) is 36.4 Å². The first-order valence-electron chi connectivity index (χ1n) is 10.3. The van der Waals surface area contributed by atoms with Gasteiger partial charge < -0.3 is 19.8 Å². The number of carbonyl (C=O) groups excluding carboxylic acids is 1. The molecule has 1 amide bonds. The fourth-order valence-corrected chi connectivity index (χ4v) is 4.03. The fraction of sp³-hybridized carbons (Fsp3) is 0.476. The molecule has 0 saturated carbocycles. The highest BCUT2D eigenvalue weighted by Gasteiger charge is 2.57. The van der Waals surface area contributed by atoms with Crippen LogP contribution in [-0.2, 0) is 18.9 Å². The Balaban J connectivity index is 1.67. The van der Waals surface area contributed by atoms with Crippen molar-refractivity contribution < 1.29 is 18.9 Å². The molecule has 2 aliphatic rings. The number of anilines is 2. The van der Waals surface area contributed by atoms with Gasteiger partial charge in [0.25, 0.3) is 0 Å². The van der Waals surface area contributed by atoms with E-state index in [0.29, 0.717) is 0 Å². The molecule has 2 aromatic carbocycles. The maximum Gasteiger partial charge on any atom is 0.458 e. The van der Waals surface area contributed by atoms with Crippen LogP contribution in [0.1, 0.15) is 34.1 Å². The van der Waals surface area contributed by atoms with Crippen LogP contribution >= 0.6 is 0 Å². The predicted molar refractivity (Wildman–Crippen MR) is 121 cm³/mol. The van der Waals surface area contributed by atoms with E-state index in [9.17, 15) is 4.79 Å². The Kier molecular flexibility index (Phi) is 5.24. The number of benzene rings is 2. The first-order chi connectivity index (χ1) is 14.1. The smallest absolute Gasteiger partial charge is 0.409 e. The Bertz CT molecular complexity index is 912. The lowest BCUT2D eigenvalue weighted by molar-refractivity contribution is -0.168. The molecule has 0 aliphatic carbocycles. The van der Waals surface area contributed by atoms with Crippen LogP contribution in [-0.4, -0.2) is 50.4 Å². The molecule has 158 valence electrons. The van der Waals surface area contributed by atoms with Gasteiger partial charge in [-0.15, -0.1) is 0 Å². The molecule has 0 aromatic heterocycles. The molecule has 1 saturated heterocycles. The minimum absolute atomic E-state index is 0.141. The van der Waals surface area contributed by atoms with Gasteiger partial charge >= 0.3 is 14.1 Å². The third kappa shape index (κ3) is 3.55. The van der Waals surface area contributed by atoms with Crippen molar-refractivity contribution >= 4 is 42.2 Å². The number of amides is 1. The third-order valence-corrected chi connectivity index (χ3v) is 6.61. The van der Waals surface area contributed by atoms with Crippen LogP contribution in [0, 0.1) is 0 Å². The zero-order valence-electron chi connectivity index (χ0n) is 18.5. The summed E-state index contributed by atoms with van der Waals surface area (Å²) in [5.41, 5.74) is 0.791. The summed E-state index contributed by atoms with van der Waals surface area (Å²) in [5, 5.41) is 10.7. The predicted octanol–water partition coefficient (Wildman–Crippen LogP) is 3.58. The van der Waals surface area contributed by atoms with Crippen molar-refractivity contribution in [3.8, 4) is 0 Å². The molecule has 0 spiro atoms. The van der Waals surface area contributed by atoms with Crippen LogP contribution in [0.3, 0.4) is 0 Å². The summed E-state index contributed by atoms with van der Waals surface area (Å²) in [4.78, 5) is 17.9. The van der Waals surface area contributed by atoms with E-state index in [-0.39, 0.29) is 25.0 Å². The summed E-state index contributed by atoms with van der Waals surface area (Å²) in [5.74, 6) is -0.141. The minimum Gasteiger partial charge on any atom is -0.409 e. The van der Waals surface area contributed by atoms with E-state index in [1.54, 1.807) is 7.05 Å². The first kappa shape index (κ1) is 21.0. The topological polar surface area (TPSA) is 72.1 Å². The average molecular weight is 409 g/mol. The second kappa shape index (κ2) is 7.48. The molecule has 2 heterocycles. The van der Waals surface area contributed by atoms with Crippen molar-refractivity contribution in [1.29, 1.82) is 0 Å². The molecule has 4 rings (SSSR count). The Morgan fingerprint density at radius 2 is 1.60 bits per heavy atom. The maximum absolute atomic E-state index is 12.8. The molecule has 1 fully saturated rings.